The van der Waals surface area contributed by atoms with Crippen molar-refractivity contribution in [2.45, 2.75) is 43.1 Å². The molecule has 0 bridgehead atoms. The number of nitrogens with one attached hydrogen (secondary N) is 2. The predicted molar refractivity (Wildman–Crippen MR) is 93.8 cm³/mol. The number of aliphatic imine (C=N–C) groups is 3. The van der Waals surface area contributed by atoms with Crippen LogP contribution in [-0.4, -0.2) is 52.7 Å². The summed E-state index contributed by atoms with van der Waals surface area (Å²) in [6, 6.07) is 0. The van der Waals surface area contributed by atoms with Gasteiger partial charge in [0.05, 0.1) is 18.9 Å². The molecule has 0 saturated carbocycles. The Labute approximate surface area is 129 Å². The summed E-state index contributed by atoms with van der Waals surface area (Å²) in [4.78, 5) is 15.5. The van der Waals surface area contributed by atoms with Crippen molar-refractivity contribution in [2.75, 3.05) is 19.6 Å². The van der Waals surface area contributed by atoms with E-state index in [-0.39, 0.29) is 22.3 Å². The summed E-state index contributed by atoms with van der Waals surface area (Å²) in [7, 11) is 0. The molecule has 1 aromatic rings. The van der Waals surface area contributed by atoms with Crippen LogP contribution in [-0.2, 0) is 0 Å². The standard InChI is InChI=1S/C4H6N2.C4H8N2.C3H5N3.3CH4/c1-4-2-5-3-6-4;1-4-5-2-3-6-4;1-3-4-2-5-6-3;;;/h3H,2H2,1H3;2-3H2,1H3,(H,5,6);2H,1H3,(H,4,5,6);3*1H4. The molecule has 0 atom stereocenters. The molecule has 0 unspecified atom stereocenters. The van der Waals surface area contributed by atoms with E-state index < -0.39 is 0 Å². The average Bonchev–Trinajstić information content (AvgIpc) is 3.05. The molecule has 2 aliphatic heterocycles. The van der Waals surface area contributed by atoms with Crippen molar-refractivity contribution in [3.05, 3.63) is 12.2 Å². The molecule has 2 N–H and O–H groups in total. The Morgan fingerprint density at radius 1 is 1.10 bits per heavy atom. The number of nitrogens with zero attached hydrogens (tertiary/aromatic N) is 5. The van der Waals surface area contributed by atoms with Crippen molar-refractivity contribution in [3.63, 3.8) is 0 Å². The monoisotopic (exact) mass is 297 g/mol. The fraction of sp³-hybridized carbons (Fsp3) is 0.643. The van der Waals surface area contributed by atoms with Gasteiger partial charge in [-0.2, -0.15) is 5.10 Å². The lowest BCUT2D eigenvalue weighted by molar-refractivity contribution is 0.958. The predicted octanol–water partition coefficient (Wildman–Crippen LogP) is 2.52. The molecule has 1 aromatic heterocycles. The Bertz CT molecular complexity index is 419. The summed E-state index contributed by atoms with van der Waals surface area (Å²) in [6.07, 6.45) is 3.07. The van der Waals surface area contributed by atoms with E-state index in [1.807, 2.05) is 20.8 Å². The normalized spacial score (nSPS) is 13.5. The fourth-order valence-electron chi connectivity index (χ4n) is 1.14. The molecule has 2 aliphatic rings. The molecular weight excluding hydrogens is 266 g/mol. The molecule has 0 aromatic carbocycles. The Balaban J connectivity index is -0.000000216. The van der Waals surface area contributed by atoms with Crippen LogP contribution in [0.5, 0.6) is 0 Å². The maximum atomic E-state index is 4.04. The van der Waals surface area contributed by atoms with E-state index >= 15 is 0 Å². The van der Waals surface area contributed by atoms with Gasteiger partial charge >= 0.3 is 0 Å². The van der Waals surface area contributed by atoms with Gasteiger partial charge in [-0.05, 0) is 20.8 Å². The number of amidine groups is 1. The molecule has 122 valence electrons. The zero-order chi connectivity index (χ0) is 13.2. The Morgan fingerprint density at radius 3 is 1.95 bits per heavy atom. The zero-order valence-corrected chi connectivity index (χ0v) is 11.0. The molecular formula is C14H31N7. The third-order valence-electron chi connectivity index (χ3n) is 2.06. The lowest BCUT2D eigenvalue weighted by Crippen LogP contribution is -2.13. The number of rotatable bonds is 0. The third-order valence-corrected chi connectivity index (χ3v) is 2.06. The van der Waals surface area contributed by atoms with Crippen LogP contribution < -0.4 is 5.32 Å². The molecule has 0 spiro atoms. The topological polar surface area (TPSA) is 90.7 Å². The van der Waals surface area contributed by atoms with Crippen LogP contribution in [0.2, 0.25) is 0 Å². The minimum absolute atomic E-state index is 0. The van der Waals surface area contributed by atoms with Gasteiger partial charge in [0.15, 0.2) is 0 Å². The van der Waals surface area contributed by atoms with Gasteiger partial charge in [0.1, 0.15) is 18.5 Å². The van der Waals surface area contributed by atoms with Gasteiger partial charge in [0, 0.05) is 12.3 Å². The van der Waals surface area contributed by atoms with Crippen molar-refractivity contribution in [1.29, 1.82) is 0 Å². The van der Waals surface area contributed by atoms with Gasteiger partial charge < -0.3 is 5.32 Å². The van der Waals surface area contributed by atoms with Gasteiger partial charge in [-0.1, -0.05) is 22.3 Å². The molecule has 0 amide bonds. The van der Waals surface area contributed by atoms with E-state index in [2.05, 4.69) is 35.5 Å². The maximum absolute atomic E-state index is 4.04. The van der Waals surface area contributed by atoms with E-state index in [0.29, 0.717) is 0 Å². The summed E-state index contributed by atoms with van der Waals surface area (Å²) >= 11 is 0. The largest absolute Gasteiger partial charge is 0.372 e. The lowest BCUT2D eigenvalue weighted by Gasteiger charge is -1.85. The minimum atomic E-state index is 0. The first-order valence-corrected chi connectivity index (χ1v) is 5.77. The summed E-state index contributed by atoms with van der Waals surface area (Å²) in [6.45, 7) is 8.60. The second-order valence-corrected chi connectivity index (χ2v) is 3.79. The number of hydrogen-bond acceptors (Lipinski definition) is 6. The highest BCUT2D eigenvalue weighted by Gasteiger charge is 1.93. The van der Waals surface area contributed by atoms with E-state index in [9.17, 15) is 0 Å². The third kappa shape index (κ3) is 12.7. The molecule has 7 heteroatoms. The van der Waals surface area contributed by atoms with Gasteiger partial charge in [0.2, 0.25) is 0 Å². The first-order chi connectivity index (χ1) is 8.68. The Morgan fingerprint density at radius 2 is 1.81 bits per heavy atom. The second-order valence-electron chi connectivity index (χ2n) is 3.79. The maximum Gasteiger partial charge on any atom is 0.137 e. The molecule has 0 aliphatic carbocycles. The molecule has 3 rings (SSSR count). The van der Waals surface area contributed by atoms with E-state index in [1.165, 1.54) is 6.33 Å². The fourth-order valence-corrected chi connectivity index (χ4v) is 1.14. The van der Waals surface area contributed by atoms with Gasteiger partial charge in [-0.15, -0.1) is 0 Å². The van der Waals surface area contributed by atoms with Crippen molar-refractivity contribution in [3.8, 4) is 0 Å². The molecule has 0 fully saturated rings. The van der Waals surface area contributed by atoms with Gasteiger partial charge in [0.25, 0.3) is 0 Å². The molecule has 7 nitrogen and oxygen atoms in total. The number of hydrogen-bond donors (Lipinski definition) is 2. The number of aryl methyl sites for hydroxylation is 1. The molecule has 0 saturated heterocycles. The van der Waals surface area contributed by atoms with Crippen molar-refractivity contribution >= 4 is 17.9 Å². The highest BCUT2D eigenvalue weighted by Crippen LogP contribution is 1.83. The number of H-pyrrole nitrogens is 1. The van der Waals surface area contributed by atoms with Crippen LogP contribution in [0.3, 0.4) is 0 Å². The summed E-state index contributed by atoms with van der Waals surface area (Å²) < 4.78 is 0. The SMILES string of the molecule is C.C.C.CC1=NC=NC1.CC1=NCCN1.Cc1ncn[nH]1. The van der Waals surface area contributed by atoms with Crippen LogP contribution in [0, 0.1) is 6.92 Å². The highest BCUT2D eigenvalue weighted by atomic mass is 15.2. The minimum Gasteiger partial charge on any atom is -0.372 e. The number of aromatic amines is 1. The Kier molecular flexibility index (Phi) is 16.4. The highest BCUT2D eigenvalue weighted by molar-refractivity contribution is 5.94. The van der Waals surface area contributed by atoms with Crippen LogP contribution >= 0.6 is 0 Å². The second kappa shape index (κ2) is 14.4. The average molecular weight is 297 g/mol. The van der Waals surface area contributed by atoms with Crippen LogP contribution in [0.25, 0.3) is 0 Å². The van der Waals surface area contributed by atoms with Crippen LogP contribution in [0.4, 0.5) is 0 Å². The summed E-state index contributed by atoms with van der Waals surface area (Å²) in [5, 5.41) is 9.29. The molecule has 21 heavy (non-hydrogen) atoms. The van der Waals surface area contributed by atoms with Crippen LogP contribution in [0.1, 0.15) is 42.0 Å². The van der Waals surface area contributed by atoms with Crippen LogP contribution in [0.15, 0.2) is 21.3 Å². The van der Waals surface area contributed by atoms with E-state index in [1.54, 1.807) is 6.34 Å². The molecule has 3 heterocycles. The summed E-state index contributed by atoms with van der Waals surface area (Å²) in [5.74, 6) is 1.94. The first-order valence-electron chi connectivity index (χ1n) is 5.77. The van der Waals surface area contributed by atoms with Crippen molar-refractivity contribution in [1.82, 2.24) is 20.5 Å². The molecule has 0 radical (unpaired) electrons. The number of aromatic nitrogens is 3. The quantitative estimate of drug-likeness (QED) is 0.771. The lowest BCUT2D eigenvalue weighted by atomic mass is 10.4. The van der Waals surface area contributed by atoms with Crippen molar-refractivity contribution < 1.29 is 0 Å². The van der Waals surface area contributed by atoms with E-state index in [4.69, 9.17) is 0 Å². The summed E-state index contributed by atoms with van der Waals surface area (Å²) in [5.41, 5.74) is 1.11. The Hall–Kier alpha value is -2.05. The smallest absolute Gasteiger partial charge is 0.137 e. The van der Waals surface area contributed by atoms with Crippen molar-refractivity contribution in [2.24, 2.45) is 15.0 Å². The van der Waals surface area contributed by atoms with E-state index in [0.717, 1.165) is 37.0 Å². The van der Waals surface area contributed by atoms with Gasteiger partial charge in [-0.3, -0.25) is 15.1 Å². The first kappa shape index (κ1) is 24.0. The van der Waals surface area contributed by atoms with Gasteiger partial charge in [-0.25, -0.2) is 9.98 Å². The zero-order valence-electron chi connectivity index (χ0n) is 11.0.